The van der Waals surface area contributed by atoms with Crippen LogP contribution in [0.3, 0.4) is 0 Å². The molecule has 0 heterocycles. The molecule has 72 valence electrons. The first-order valence-corrected chi connectivity index (χ1v) is 4.48. The molecule has 0 bridgehead atoms. The molecule has 0 atom stereocenters. The van der Waals surface area contributed by atoms with E-state index in [1.54, 1.807) is 6.92 Å². The van der Waals surface area contributed by atoms with Crippen molar-refractivity contribution >= 4 is 5.78 Å². The van der Waals surface area contributed by atoms with E-state index in [1.807, 2.05) is 30.3 Å². The van der Waals surface area contributed by atoms with Crippen molar-refractivity contribution in [3.63, 3.8) is 0 Å². The van der Waals surface area contributed by atoms with Gasteiger partial charge in [-0.05, 0) is 19.9 Å². The van der Waals surface area contributed by atoms with E-state index >= 15 is 0 Å². The minimum atomic E-state index is 0.121. The molecule has 2 heteroatoms. The number of benzene rings is 1. The van der Waals surface area contributed by atoms with Crippen LogP contribution in [0.4, 0.5) is 0 Å². The van der Waals surface area contributed by atoms with Crippen molar-refractivity contribution in [3.8, 4) is 0 Å². The van der Waals surface area contributed by atoms with Crippen molar-refractivity contribution in [2.24, 2.45) is 5.73 Å². The van der Waals surface area contributed by atoms with E-state index in [9.17, 15) is 4.79 Å². The second-order valence-electron chi connectivity index (χ2n) is 2.71. The normalized spacial score (nSPS) is 8.54. The quantitative estimate of drug-likeness (QED) is 0.707. The molecule has 0 unspecified atom stereocenters. The van der Waals surface area contributed by atoms with Gasteiger partial charge in [-0.25, -0.2) is 0 Å². The van der Waals surface area contributed by atoms with E-state index in [2.05, 4.69) is 6.92 Å². The maximum absolute atomic E-state index is 10.6. The number of rotatable bonds is 2. The van der Waals surface area contributed by atoms with Crippen molar-refractivity contribution < 1.29 is 4.79 Å². The molecule has 0 radical (unpaired) electrons. The lowest BCUT2D eigenvalue weighted by molar-refractivity contribution is 0.101. The van der Waals surface area contributed by atoms with Gasteiger partial charge < -0.3 is 5.73 Å². The number of nitrogens with two attached hydrogens (primary N) is 1. The van der Waals surface area contributed by atoms with Crippen LogP contribution in [0, 0.1) is 0 Å². The van der Waals surface area contributed by atoms with Crippen molar-refractivity contribution in [2.75, 3.05) is 6.54 Å². The minimum Gasteiger partial charge on any atom is -0.330 e. The van der Waals surface area contributed by atoms with E-state index in [1.165, 1.54) is 0 Å². The molecule has 1 aromatic carbocycles. The fourth-order valence-corrected chi connectivity index (χ4v) is 0.673. The van der Waals surface area contributed by atoms with Crippen molar-refractivity contribution in [2.45, 2.75) is 20.3 Å². The predicted molar refractivity (Wildman–Crippen MR) is 55.8 cm³/mol. The highest BCUT2D eigenvalue weighted by molar-refractivity contribution is 5.93. The van der Waals surface area contributed by atoms with Crippen LogP contribution in [0.1, 0.15) is 30.6 Å². The van der Waals surface area contributed by atoms with Gasteiger partial charge in [-0.3, -0.25) is 4.79 Å². The summed E-state index contributed by atoms with van der Waals surface area (Å²) in [6, 6.07) is 9.23. The summed E-state index contributed by atoms with van der Waals surface area (Å²) in [4.78, 5) is 10.6. The highest BCUT2D eigenvalue weighted by Gasteiger charge is 1.92. The molecule has 1 aromatic rings. The summed E-state index contributed by atoms with van der Waals surface area (Å²) in [6.07, 6.45) is 1.10. The van der Waals surface area contributed by atoms with Crippen LogP contribution in [0.15, 0.2) is 30.3 Å². The van der Waals surface area contributed by atoms with Gasteiger partial charge in [-0.15, -0.1) is 0 Å². The molecule has 13 heavy (non-hydrogen) atoms. The van der Waals surface area contributed by atoms with Gasteiger partial charge in [-0.1, -0.05) is 37.3 Å². The average Bonchev–Trinajstić information content (AvgIpc) is 2.19. The molecule has 0 aromatic heterocycles. The van der Waals surface area contributed by atoms with Crippen LogP contribution in [0.25, 0.3) is 0 Å². The predicted octanol–water partition coefficient (Wildman–Crippen LogP) is 2.24. The number of ketones is 1. The maximum Gasteiger partial charge on any atom is 0.159 e. The number of hydrogen-bond acceptors (Lipinski definition) is 2. The Balaban J connectivity index is 0.000000310. The molecular weight excluding hydrogens is 162 g/mol. The van der Waals surface area contributed by atoms with Crippen molar-refractivity contribution in [3.05, 3.63) is 35.9 Å². The standard InChI is InChI=1S/C8H8O.C3H9N/c1-7(9)8-5-3-2-4-6-8;1-2-3-4/h2-6H,1H3;2-4H2,1H3. The zero-order valence-corrected chi connectivity index (χ0v) is 8.29. The van der Waals surface area contributed by atoms with Crippen LogP contribution >= 0.6 is 0 Å². The summed E-state index contributed by atoms with van der Waals surface area (Å²) < 4.78 is 0. The third-order valence-electron chi connectivity index (χ3n) is 1.47. The minimum absolute atomic E-state index is 0.121. The molecule has 0 saturated heterocycles. The Hall–Kier alpha value is -1.15. The first-order valence-electron chi connectivity index (χ1n) is 4.48. The fraction of sp³-hybridized carbons (Fsp3) is 0.364. The number of hydrogen-bond donors (Lipinski definition) is 1. The first-order chi connectivity index (χ1) is 6.22. The smallest absolute Gasteiger partial charge is 0.159 e. The van der Waals surface area contributed by atoms with E-state index in [0.717, 1.165) is 18.5 Å². The molecule has 2 N–H and O–H groups in total. The van der Waals surface area contributed by atoms with Crippen LogP contribution in [0.5, 0.6) is 0 Å². The van der Waals surface area contributed by atoms with Gasteiger partial charge in [0, 0.05) is 5.56 Å². The molecule has 0 saturated carbocycles. The molecule has 0 amide bonds. The molecule has 1 rings (SSSR count). The number of carbonyl (C=O) groups excluding carboxylic acids is 1. The Kier molecular flexibility index (Phi) is 6.83. The lowest BCUT2D eigenvalue weighted by atomic mass is 10.2. The van der Waals surface area contributed by atoms with Gasteiger partial charge in [0.15, 0.2) is 5.78 Å². The first kappa shape index (κ1) is 11.8. The SMILES string of the molecule is CC(=O)c1ccccc1.CCCN. The Bertz CT molecular complexity index is 229. The summed E-state index contributed by atoms with van der Waals surface area (Å²) in [5.41, 5.74) is 5.80. The topological polar surface area (TPSA) is 43.1 Å². The monoisotopic (exact) mass is 179 g/mol. The fourth-order valence-electron chi connectivity index (χ4n) is 0.673. The molecule has 0 spiro atoms. The molecule has 2 nitrogen and oxygen atoms in total. The Morgan fingerprint density at radius 3 is 2.00 bits per heavy atom. The summed E-state index contributed by atoms with van der Waals surface area (Å²) in [7, 11) is 0. The zero-order valence-electron chi connectivity index (χ0n) is 8.29. The number of carbonyl (C=O) groups is 1. The Morgan fingerprint density at radius 2 is 1.77 bits per heavy atom. The lowest BCUT2D eigenvalue weighted by Gasteiger charge is -1.89. The van der Waals surface area contributed by atoms with E-state index < -0.39 is 0 Å². The van der Waals surface area contributed by atoms with Gasteiger partial charge in [-0.2, -0.15) is 0 Å². The summed E-state index contributed by atoms with van der Waals surface area (Å²) in [5.74, 6) is 0.121. The highest BCUT2D eigenvalue weighted by Crippen LogP contribution is 1.97. The Morgan fingerprint density at radius 1 is 1.31 bits per heavy atom. The van der Waals surface area contributed by atoms with Crippen LogP contribution in [0.2, 0.25) is 0 Å². The Labute approximate surface area is 79.8 Å². The molecule has 0 fully saturated rings. The largest absolute Gasteiger partial charge is 0.330 e. The summed E-state index contributed by atoms with van der Waals surface area (Å²) >= 11 is 0. The summed E-state index contributed by atoms with van der Waals surface area (Å²) in [5, 5.41) is 0. The average molecular weight is 179 g/mol. The third-order valence-corrected chi connectivity index (χ3v) is 1.47. The van der Waals surface area contributed by atoms with Crippen molar-refractivity contribution in [1.82, 2.24) is 0 Å². The van der Waals surface area contributed by atoms with Gasteiger partial charge in [0.1, 0.15) is 0 Å². The van der Waals surface area contributed by atoms with Crippen LogP contribution in [-0.4, -0.2) is 12.3 Å². The van der Waals surface area contributed by atoms with E-state index in [-0.39, 0.29) is 5.78 Å². The van der Waals surface area contributed by atoms with Gasteiger partial charge in [0.25, 0.3) is 0 Å². The van der Waals surface area contributed by atoms with Gasteiger partial charge in [0.2, 0.25) is 0 Å². The number of Topliss-reactive ketones (excluding diaryl/α,β-unsaturated/α-hetero) is 1. The second-order valence-corrected chi connectivity index (χ2v) is 2.71. The molecule has 0 aliphatic carbocycles. The van der Waals surface area contributed by atoms with E-state index in [0.29, 0.717) is 0 Å². The highest BCUT2D eigenvalue weighted by atomic mass is 16.1. The second kappa shape index (κ2) is 7.50. The van der Waals surface area contributed by atoms with Crippen molar-refractivity contribution in [1.29, 1.82) is 0 Å². The molecule has 0 aliphatic heterocycles. The molecule has 0 aliphatic rings. The van der Waals surface area contributed by atoms with Gasteiger partial charge >= 0.3 is 0 Å². The van der Waals surface area contributed by atoms with Crippen LogP contribution < -0.4 is 5.73 Å². The summed E-state index contributed by atoms with van der Waals surface area (Å²) in [6.45, 7) is 4.44. The third kappa shape index (κ3) is 6.05. The van der Waals surface area contributed by atoms with Gasteiger partial charge in [0.05, 0.1) is 0 Å². The maximum atomic E-state index is 10.6. The lowest BCUT2D eigenvalue weighted by Crippen LogP contribution is -1.93. The van der Waals surface area contributed by atoms with E-state index in [4.69, 9.17) is 5.73 Å². The zero-order chi connectivity index (χ0) is 10.1. The van der Waals surface area contributed by atoms with Crippen LogP contribution in [-0.2, 0) is 0 Å². The molecular formula is C11H17NO.